The van der Waals surface area contributed by atoms with Crippen LogP contribution in [0.4, 0.5) is 0 Å². The lowest BCUT2D eigenvalue weighted by Crippen LogP contribution is -2.23. The topological polar surface area (TPSA) is 81.3 Å². The molecule has 1 N–H and O–H groups in total. The lowest BCUT2D eigenvalue weighted by atomic mass is 10.3. The number of sulfonamides is 1. The predicted molar refractivity (Wildman–Crippen MR) is 66.8 cm³/mol. The third kappa shape index (κ3) is 2.09. The molecule has 0 aliphatic rings. The number of rotatable bonds is 4. The number of aryl methyl sites for hydroxylation is 1. The molecule has 0 spiro atoms. The van der Waals surface area contributed by atoms with Crippen LogP contribution in [0.2, 0.25) is 0 Å². The van der Waals surface area contributed by atoms with Gasteiger partial charge in [0.2, 0.25) is 10.0 Å². The zero-order valence-corrected chi connectivity index (χ0v) is 10.5. The fourth-order valence-corrected chi connectivity index (χ4v) is 2.54. The first-order valence-electron chi connectivity index (χ1n) is 5.16. The van der Waals surface area contributed by atoms with Gasteiger partial charge >= 0.3 is 5.76 Å². The van der Waals surface area contributed by atoms with Crippen molar-refractivity contribution in [1.29, 1.82) is 0 Å². The van der Waals surface area contributed by atoms with E-state index in [0.29, 0.717) is 11.1 Å². The summed E-state index contributed by atoms with van der Waals surface area (Å²) in [6.45, 7) is 3.58. The molecule has 1 aromatic heterocycles. The average Bonchev–Trinajstić information content (AvgIpc) is 2.62. The second-order valence-electron chi connectivity index (χ2n) is 3.70. The number of hydrogen-bond acceptors (Lipinski definition) is 4. The maximum absolute atomic E-state index is 11.9. The SMILES string of the molecule is C=CCNS(=O)(=O)c1ccc2oc(=O)n(C)c2c1. The van der Waals surface area contributed by atoms with E-state index in [4.69, 9.17) is 4.42 Å². The Kier molecular flexibility index (Phi) is 3.10. The molecule has 6 nitrogen and oxygen atoms in total. The highest BCUT2D eigenvalue weighted by atomic mass is 32.2. The van der Waals surface area contributed by atoms with Crippen molar-refractivity contribution < 1.29 is 12.8 Å². The van der Waals surface area contributed by atoms with Crippen LogP contribution in [0, 0.1) is 0 Å². The Bertz CT molecular complexity index is 755. The first-order chi connectivity index (χ1) is 8.45. The van der Waals surface area contributed by atoms with Gasteiger partial charge in [-0.25, -0.2) is 17.9 Å². The Hall–Kier alpha value is -1.86. The quantitative estimate of drug-likeness (QED) is 0.823. The average molecular weight is 268 g/mol. The zero-order chi connectivity index (χ0) is 13.3. The van der Waals surface area contributed by atoms with Crippen LogP contribution in [0.1, 0.15) is 0 Å². The fraction of sp³-hybridized carbons (Fsp3) is 0.182. The van der Waals surface area contributed by atoms with E-state index in [1.807, 2.05) is 0 Å². The molecule has 96 valence electrons. The summed E-state index contributed by atoms with van der Waals surface area (Å²) in [5, 5.41) is 0. The first-order valence-corrected chi connectivity index (χ1v) is 6.64. The van der Waals surface area contributed by atoms with E-state index in [9.17, 15) is 13.2 Å². The molecule has 2 rings (SSSR count). The van der Waals surface area contributed by atoms with Crippen molar-refractivity contribution in [1.82, 2.24) is 9.29 Å². The van der Waals surface area contributed by atoms with E-state index in [0.717, 1.165) is 0 Å². The van der Waals surface area contributed by atoms with Gasteiger partial charge in [0.25, 0.3) is 0 Å². The van der Waals surface area contributed by atoms with Crippen molar-refractivity contribution >= 4 is 21.1 Å². The van der Waals surface area contributed by atoms with Crippen LogP contribution in [0.5, 0.6) is 0 Å². The van der Waals surface area contributed by atoms with Crippen LogP contribution in [0.15, 0.2) is 45.0 Å². The highest BCUT2D eigenvalue weighted by molar-refractivity contribution is 7.89. The largest absolute Gasteiger partial charge is 0.419 e. The smallest absolute Gasteiger partial charge is 0.408 e. The van der Waals surface area contributed by atoms with Gasteiger partial charge in [0.1, 0.15) is 0 Å². The van der Waals surface area contributed by atoms with Crippen molar-refractivity contribution in [3.05, 3.63) is 41.4 Å². The van der Waals surface area contributed by atoms with Gasteiger partial charge in [0.05, 0.1) is 10.4 Å². The van der Waals surface area contributed by atoms with E-state index in [1.54, 1.807) is 0 Å². The Morgan fingerprint density at radius 2 is 2.22 bits per heavy atom. The minimum atomic E-state index is -3.60. The Morgan fingerprint density at radius 3 is 2.89 bits per heavy atom. The number of benzene rings is 1. The van der Waals surface area contributed by atoms with Crippen LogP contribution < -0.4 is 10.5 Å². The van der Waals surface area contributed by atoms with E-state index in [-0.39, 0.29) is 11.4 Å². The first kappa shape index (κ1) is 12.6. The molecule has 0 unspecified atom stereocenters. The number of nitrogens with one attached hydrogen (secondary N) is 1. The van der Waals surface area contributed by atoms with Crippen LogP contribution in [0.25, 0.3) is 11.1 Å². The van der Waals surface area contributed by atoms with Crippen LogP contribution in [0.3, 0.4) is 0 Å². The molecule has 0 bridgehead atoms. The molecular weight excluding hydrogens is 256 g/mol. The molecule has 0 amide bonds. The fourth-order valence-electron chi connectivity index (χ4n) is 1.53. The van der Waals surface area contributed by atoms with Gasteiger partial charge < -0.3 is 4.42 Å². The number of oxazole rings is 1. The normalized spacial score (nSPS) is 11.8. The molecule has 0 aliphatic carbocycles. The lowest BCUT2D eigenvalue weighted by Gasteiger charge is -2.04. The maximum Gasteiger partial charge on any atom is 0.419 e. The van der Waals surface area contributed by atoms with Gasteiger partial charge in [-0.15, -0.1) is 6.58 Å². The number of fused-ring (bicyclic) bond motifs is 1. The van der Waals surface area contributed by atoms with Crippen molar-refractivity contribution in [3.8, 4) is 0 Å². The van der Waals surface area contributed by atoms with Crippen LogP contribution in [-0.4, -0.2) is 19.5 Å². The molecule has 2 aromatic rings. The van der Waals surface area contributed by atoms with E-state index >= 15 is 0 Å². The summed E-state index contributed by atoms with van der Waals surface area (Å²) in [6, 6.07) is 4.24. The molecule has 1 heterocycles. The molecule has 0 fully saturated rings. The van der Waals surface area contributed by atoms with E-state index < -0.39 is 15.8 Å². The molecule has 0 saturated carbocycles. The monoisotopic (exact) mass is 268 g/mol. The second kappa shape index (κ2) is 4.43. The molecule has 7 heteroatoms. The second-order valence-corrected chi connectivity index (χ2v) is 5.46. The zero-order valence-electron chi connectivity index (χ0n) is 9.71. The van der Waals surface area contributed by atoms with Crippen LogP contribution >= 0.6 is 0 Å². The minimum Gasteiger partial charge on any atom is -0.408 e. The lowest BCUT2D eigenvalue weighted by molar-refractivity contribution is 0.528. The van der Waals surface area contributed by atoms with Crippen molar-refractivity contribution in [2.75, 3.05) is 6.54 Å². The summed E-state index contributed by atoms with van der Waals surface area (Å²) < 4.78 is 32.3. The third-order valence-corrected chi connectivity index (χ3v) is 3.91. The third-order valence-electron chi connectivity index (χ3n) is 2.49. The molecule has 0 atom stereocenters. The summed E-state index contributed by atoms with van der Waals surface area (Å²) in [5.74, 6) is -0.529. The van der Waals surface area contributed by atoms with E-state index in [1.165, 1.54) is 35.9 Å². The predicted octanol–water partition coefficient (Wildman–Crippen LogP) is 0.596. The minimum absolute atomic E-state index is 0.0771. The van der Waals surface area contributed by atoms with Crippen molar-refractivity contribution in [2.45, 2.75) is 4.90 Å². The molecule has 0 saturated heterocycles. The van der Waals surface area contributed by atoms with Gasteiger partial charge in [0.15, 0.2) is 5.58 Å². The summed E-state index contributed by atoms with van der Waals surface area (Å²) in [6.07, 6.45) is 1.45. The number of hydrogen-bond donors (Lipinski definition) is 1. The molecule has 0 aliphatic heterocycles. The van der Waals surface area contributed by atoms with Gasteiger partial charge in [-0.3, -0.25) is 4.57 Å². The number of nitrogens with zero attached hydrogens (tertiary/aromatic N) is 1. The van der Waals surface area contributed by atoms with Crippen molar-refractivity contribution in [2.24, 2.45) is 7.05 Å². The van der Waals surface area contributed by atoms with Crippen LogP contribution in [-0.2, 0) is 17.1 Å². The van der Waals surface area contributed by atoms with Crippen molar-refractivity contribution in [3.63, 3.8) is 0 Å². The highest BCUT2D eigenvalue weighted by Gasteiger charge is 2.15. The Balaban J connectivity index is 2.56. The van der Waals surface area contributed by atoms with E-state index in [2.05, 4.69) is 11.3 Å². The maximum atomic E-state index is 11.9. The van der Waals surface area contributed by atoms with Gasteiger partial charge in [-0.2, -0.15) is 0 Å². The summed E-state index contributed by atoms with van der Waals surface area (Å²) in [5.41, 5.74) is 0.784. The molecule has 0 radical (unpaired) electrons. The Morgan fingerprint density at radius 1 is 1.50 bits per heavy atom. The summed E-state index contributed by atoms with van der Waals surface area (Å²) >= 11 is 0. The molecule has 18 heavy (non-hydrogen) atoms. The van der Waals surface area contributed by atoms with Gasteiger partial charge in [0, 0.05) is 13.6 Å². The summed E-state index contributed by atoms with van der Waals surface area (Å²) in [7, 11) is -2.08. The number of aromatic nitrogens is 1. The van der Waals surface area contributed by atoms with Gasteiger partial charge in [-0.1, -0.05) is 6.08 Å². The standard InChI is InChI=1S/C11H12N2O4S/c1-3-6-12-18(15,16)8-4-5-10-9(7-8)13(2)11(14)17-10/h3-5,7,12H,1,6H2,2H3. The molecular formula is C11H12N2O4S. The highest BCUT2D eigenvalue weighted by Crippen LogP contribution is 2.17. The molecule has 1 aromatic carbocycles. The summed E-state index contributed by atoms with van der Waals surface area (Å²) in [4.78, 5) is 11.4. The Labute approximate surface area is 104 Å². The van der Waals surface area contributed by atoms with Gasteiger partial charge in [-0.05, 0) is 18.2 Å².